The lowest BCUT2D eigenvalue weighted by atomic mass is 10.1. The minimum absolute atomic E-state index is 0.0293. The number of rotatable bonds is 6. The number of hydrogen-bond acceptors (Lipinski definition) is 5. The van der Waals surface area contributed by atoms with E-state index in [1.54, 1.807) is 18.4 Å². The second kappa shape index (κ2) is 6.26. The molecule has 0 aliphatic rings. The van der Waals surface area contributed by atoms with Crippen molar-refractivity contribution in [3.63, 3.8) is 0 Å². The Balaban J connectivity index is 2.26. The van der Waals surface area contributed by atoms with E-state index < -0.39 is 5.60 Å². The minimum Gasteiger partial charge on any atom is -0.437 e. The van der Waals surface area contributed by atoms with Crippen LogP contribution in [0.5, 0.6) is 6.01 Å². The second-order valence-electron chi connectivity index (χ2n) is 6.24. The number of H-pyrrole nitrogens is 1. The number of aromatic amines is 1. The van der Waals surface area contributed by atoms with Crippen LogP contribution < -0.4 is 10.3 Å². The number of nitrogens with zero attached hydrogens (tertiary/aromatic N) is 2. The largest absolute Gasteiger partial charge is 0.437 e. The van der Waals surface area contributed by atoms with Crippen LogP contribution in [0.15, 0.2) is 29.1 Å². The van der Waals surface area contributed by atoms with Crippen LogP contribution in [-0.4, -0.2) is 38.6 Å². The first-order chi connectivity index (χ1) is 11.4. The molecule has 0 aliphatic heterocycles. The molecule has 0 fully saturated rings. The number of ether oxygens (including phenoxy) is 2. The number of hydrogen-bond donors (Lipinski definition) is 2. The van der Waals surface area contributed by atoms with Crippen LogP contribution in [0.3, 0.4) is 0 Å². The molecular formula is C17H21N3O4. The lowest BCUT2D eigenvalue weighted by Gasteiger charge is -2.20. The molecule has 0 aliphatic carbocycles. The van der Waals surface area contributed by atoms with Gasteiger partial charge < -0.3 is 19.6 Å². The van der Waals surface area contributed by atoms with Crippen LogP contribution in [0.1, 0.15) is 20.8 Å². The molecule has 0 atom stereocenters. The van der Waals surface area contributed by atoms with E-state index in [1.807, 2.05) is 31.2 Å². The van der Waals surface area contributed by atoms with Gasteiger partial charge in [0.1, 0.15) is 0 Å². The average Bonchev–Trinajstić information content (AvgIpc) is 2.86. The first-order valence-electron chi connectivity index (χ1n) is 7.85. The zero-order valence-electron chi connectivity index (χ0n) is 14.0. The molecule has 1 aromatic carbocycles. The molecule has 2 N–H and O–H groups in total. The predicted octanol–water partition coefficient (Wildman–Crippen LogP) is 2.02. The molecule has 0 saturated heterocycles. The third-order valence-corrected chi connectivity index (χ3v) is 3.60. The van der Waals surface area contributed by atoms with E-state index in [2.05, 4.69) is 9.97 Å². The third-order valence-electron chi connectivity index (χ3n) is 3.60. The first kappa shape index (κ1) is 16.5. The summed E-state index contributed by atoms with van der Waals surface area (Å²) in [6.45, 7) is 6.03. The highest BCUT2D eigenvalue weighted by atomic mass is 16.7. The van der Waals surface area contributed by atoms with Crippen molar-refractivity contribution in [2.45, 2.75) is 32.9 Å². The molecule has 0 bridgehead atoms. The summed E-state index contributed by atoms with van der Waals surface area (Å²) in [5.74, 6) is 0. The standard InChI is InChI=1S/C17H21N3O4/c1-4-23-10-24-16-19-13-14(20(16)9-17(2,3)22)11-7-5-6-8-12(11)18-15(13)21/h5-8,22H,4,9-10H2,1-3H3,(H,18,21). The Kier molecular flexibility index (Phi) is 4.29. The predicted molar refractivity (Wildman–Crippen MR) is 91.3 cm³/mol. The fourth-order valence-electron chi connectivity index (χ4n) is 2.67. The quantitative estimate of drug-likeness (QED) is 0.533. The zero-order chi connectivity index (χ0) is 17.3. The number of aromatic nitrogens is 3. The maximum atomic E-state index is 12.4. The zero-order valence-corrected chi connectivity index (χ0v) is 14.0. The average molecular weight is 331 g/mol. The minimum atomic E-state index is -0.999. The highest BCUT2D eigenvalue weighted by Gasteiger charge is 2.23. The van der Waals surface area contributed by atoms with Gasteiger partial charge >= 0.3 is 0 Å². The lowest BCUT2D eigenvalue weighted by molar-refractivity contribution is 0.00930. The van der Waals surface area contributed by atoms with Crippen molar-refractivity contribution in [1.29, 1.82) is 0 Å². The Hall–Kier alpha value is -2.38. The van der Waals surface area contributed by atoms with Gasteiger partial charge in [-0.05, 0) is 26.8 Å². The van der Waals surface area contributed by atoms with Gasteiger partial charge in [-0.1, -0.05) is 18.2 Å². The van der Waals surface area contributed by atoms with Gasteiger partial charge in [0.05, 0.1) is 23.2 Å². The van der Waals surface area contributed by atoms with Gasteiger partial charge in [0.15, 0.2) is 12.3 Å². The summed E-state index contributed by atoms with van der Waals surface area (Å²) in [6.07, 6.45) is 0. The van der Waals surface area contributed by atoms with Gasteiger partial charge in [-0.15, -0.1) is 0 Å². The molecule has 0 unspecified atom stereocenters. The summed E-state index contributed by atoms with van der Waals surface area (Å²) < 4.78 is 12.5. The van der Waals surface area contributed by atoms with Crippen LogP contribution in [-0.2, 0) is 11.3 Å². The fourth-order valence-corrected chi connectivity index (χ4v) is 2.67. The van der Waals surface area contributed by atoms with Crippen molar-refractivity contribution in [3.8, 4) is 6.01 Å². The van der Waals surface area contributed by atoms with E-state index >= 15 is 0 Å². The van der Waals surface area contributed by atoms with Crippen LogP contribution >= 0.6 is 0 Å². The highest BCUT2D eigenvalue weighted by Crippen LogP contribution is 2.27. The fraction of sp³-hybridized carbons (Fsp3) is 0.412. The number of para-hydroxylation sites is 1. The maximum Gasteiger partial charge on any atom is 0.299 e. The molecule has 7 heteroatoms. The molecule has 3 aromatic rings. The number of fused-ring (bicyclic) bond motifs is 3. The van der Waals surface area contributed by atoms with E-state index in [4.69, 9.17) is 9.47 Å². The SMILES string of the molecule is CCOCOc1nc2c(=O)[nH]c3ccccc3c2n1CC(C)(C)O. The summed E-state index contributed by atoms with van der Waals surface area (Å²) in [7, 11) is 0. The van der Waals surface area contributed by atoms with Crippen molar-refractivity contribution < 1.29 is 14.6 Å². The highest BCUT2D eigenvalue weighted by molar-refractivity contribution is 6.02. The molecule has 24 heavy (non-hydrogen) atoms. The summed E-state index contributed by atoms with van der Waals surface area (Å²) in [5, 5.41) is 11.1. The smallest absolute Gasteiger partial charge is 0.299 e. The van der Waals surface area contributed by atoms with Crippen molar-refractivity contribution in [1.82, 2.24) is 14.5 Å². The summed E-state index contributed by atoms with van der Waals surface area (Å²) >= 11 is 0. The molecule has 0 amide bonds. The number of imidazole rings is 1. The Morgan fingerprint density at radius 1 is 1.33 bits per heavy atom. The van der Waals surface area contributed by atoms with E-state index in [0.717, 1.165) is 5.39 Å². The van der Waals surface area contributed by atoms with E-state index in [-0.39, 0.29) is 30.4 Å². The topological polar surface area (TPSA) is 89.4 Å². The monoisotopic (exact) mass is 331 g/mol. The van der Waals surface area contributed by atoms with Gasteiger partial charge in [-0.3, -0.25) is 9.36 Å². The Morgan fingerprint density at radius 3 is 2.79 bits per heavy atom. The number of pyridine rings is 1. The molecule has 0 spiro atoms. The van der Waals surface area contributed by atoms with E-state index in [9.17, 15) is 9.90 Å². The second-order valence-corrected chi connectivity index (χ2v) is 6.24. The Morgan fingerprint density at radius 2 is 2.08 bits per heavy atom. The van der Waals surface area contributed by atoms with Crippen molar-refractivity contribution >= 4 is 21.9 Å². The van der Waals surface area contributed by atoms with Gasteiger partial charge in [0, 0.05) is 12.0 Å². The Labute approximate surface area is 138 Å². The number of nitrogens with one attached hydrogen (secondary N) is 1. The van der Waals surface area contributed by atoms with E-state index in [1.165, 1.54) is 0 Å². The molecule has 2 heterocycles. The summed E-state index contributed by atoms with van der Waals surface area (Å²) in [5.41, 5.74) is 0.344. The van der Waals surface area contributed by atoms with E-state index in [0.29, 0.717) is 17.6 Å². The van der Waals surface area contributed by atoms with Crippen molar-refractivity contribution in [2.24, 2.45) is 0 Å². The van der Waals surface area contributed by atoms with Crippen LogP contribution in [0.2, 0.25) is 0 Å². The van der Waals surface area contributed by atoms with Crippen LogP contribution in [0.4, 0.5) is 0 Å². The van der Waals surface area contributed by atoms with Crippen molar-refractivity contribution in [2.75, 3.05) is 13.4 Å². The van der Waals surface area contributed by atoms with Crippen LogP contribution in [0.25, 0.3) is 21.9 Å². The lowest BCUT2D eigenvalue weighted by Crippen LogP contribution is -2.26. The molecule has 0 radical (unpaired) electrons. The molecule has 7 nitrogen and oxygen atoms in total. The van der Waals surface area contributed by atoms with Gasteiger partial charge in [0.25, 0.3) is 11.6 Å². The molecule has 2 aromatic heterocycles. The third kappa shape index (κ3) is 3.13. The summed E-state index contributed by atoms with van der Waals surface area (Å²) in [4.78, 5) is 19.5. The normalized spacial score (nSPS) is 12.2. The van der Waals surface area contributed by atoms with Crippen molar-refractivity contribution in [3.05, 3.63) is 34.6 Å². The molecule has 0 saturated carbocycles. The molecule has 128 valence electrons. The molecule has 3 rings (SSSR count). The summed E-state index contributed by atoms with van der Waals surface area (Å²) in [6, 6.07) is 7.73. The van der Waals surface area contributed by atoms with Gasteiger partial charge in [-0.2, -0.15) is 4.98 Å². The van der Waals surface area contributed by atoms with Gasteiger partial charge in [-0.25, -0.2) is 0 Å². The first-order valence-corrected chi connectivity index (χ1v) is 7.85. The number of aliphatic hydroxyl groups is 1. The number of benzene rings is 1. The van der Waals surface area contributed by atoms with Gasteiger partial charge in [0.2, 0.25) is 0 Å². The molecular weight excluding hydrogens is 310 g/mol. The Bertz CT molecular complexity index is 921. The maximum absolute atomic E-state index is 12.4. The van der Waals surface area contributed by atoms with Crippen LogP contribution in [0, 0.1) is 0 Å².